The molecule has 0 saturated heterocycles. The molecule has 0 heterocycles. The Balaban J connectivity index is 2.21. The van der Waals surface area contributed by atoms with Gasteiger partial charge in [-0.3, -0.25) is 0 Å². The highest BCUT2D eigenvalue weighted by Crippen LogP contribution is 2.39. The van der Waals surface area contributed by atoms with Crippen molar-refractivity contribution < 1.29 is 0 Å². The van der Waals surface area contributed by atoms with Crippen LogP contribution in [0.15, 0.2) is 66.7 Å². The number of benzene rings is 5. The van der Waals surface area contributed by atoms with Gasteiger partial charge in [0.15, 0.2) is 0 Å². The number of rotatable bonds is 0. The molecule has 0 fully saturated rings. The second-order valence-corrected chi connectivity index (χ2v) is 5.67. The van der Waals surface area contributed by atoms with Gasteiger partial charge in [-0.1, -0.05) is 54.6 Å². The molecule has 0 amide bonds. The highest BCUT2D eigenvalue weighted by Gasteiger charge is 2.11. The minimum absolute atomic E-state index is 0.852. The van der Waals surface area contributed by atoms with Gasteiger partial charge in [-0.05, 0) is 49.8 Å². The fourth-order valence-electron chi connectivity index (χ4n) is 3.58. The molecule has 0 saturated carbocycles. The Morgan fingerprint density at radius 3 is 2.19 bits per heavy atom. The Morgan fingerprint density at radius 2 is 1.24 bits per heavy atom. The summed E-state index contributed by atoms with van der Waals surface area (Å²) in [7, 11) is 0. The molecule has 0 radical (unpaired) electrons. The molecule has 0 aromatic heterocycles. The first-order chi connectivity index (χ1) is 10.3. The van der Waals surface area contributed by atoms with E-state index in [1.807, 2.05) is 6.07 Å². The van der Waals surface area contributed by atoms with Crippen molar-refractivity contribution in [2.75, 3.05) is 5.73 Å². The number of fused-ring (bicyclic) bond motifs is 2. The number of nitrogen functional groups attached to an aromatic ring is 1. The van der Waals surface area contributed by atoms with Crippen molar-refractivity contribution in [2.45, 2.75) is 0 Å². The predicted octanol–water partition coefficient (Wildman–Crippen LogP) is 5.32. The van der Waals surface area contributed by atoms with Crippen LogP contribution in [0, 0.1) is 0 Å². The molecule has 5 aromatic carbocycles. The van der Waals surface area contributed by atoms with Gasteiger partial charge in [0.1, 0.15) is 0 Å². The molecule has 1 heteroatoms. The van der Waals surface area contributed by atoms with Crippen LogP contribution in [0.3, 0.4) is 0 Å². The normalized spacial score (nSPS) is 12.0. The van der Waals surface area contributed by atoms with E-state index in [2.05, 4.69) is 60.7 Å². The van der Waals surface area contributed by atoms with Crippen molar-refractivity contribution >= 4 is 48.8 Å². The molecule has 0 atom stereocenters. The third kappa shape index (κ3) is 1.30. The van der Waals surface area contributed by atoms with Gasteiger partial charge in [0.05, 0.1) is 0 Å². The van der Waals surface area contributed by atoms with E-state index < -0.39 is 0 Å². The minimum atomic E-state index is 0.852. The van der Waals surface area contributed by atoms with E-state index in [9.17, 15) is 0 Å². The van der Waals surface area contributed by atoms with Gasteiger partial charge >= 0.3 is 0 Å². The lowest BCUT2D eigenvalue weighted by Crippen LogP contribution is -1.90. The fraction of sp³-hybridized carbons (Fsp3) is 0. The largest absolute Gasteiger partial charge is 0.398 e. The van der Waals surface area contributed by atoms with Gasteiger partial charge in [0.2, 0.25) is 0 Å². The van der Waals surface area contributed by atoms with E-state index in [4.69, 9.17) is 5.73 Å². The van der Waals surface area contributed by atoms with Crippen molar-refractivity contribution in [1.29, 1.82) is 0 Å². The number of nitrogens with two attached hydrogens (primary N) is 1. The predicted molar refractivity (Wildman–Crippen MR) is 92.1 cm³/mol. The molecular weight excluding hydrogens is 254 g/mol. The Hall–Kier alpha value is -2.80. The molecule has 5 aromatic rings. The number of hydrogen-bond acceptors (Lipinski definition) is 1. The third-order valence-electron chi connectivity index (χ3n) is 4.54. The van der Waals surface area contributed by atoms with Gasteiger partial charge in [-0.25, -0.2) is 0 Å². The van der Waals surface area contributed by atoms with E-state index in [1.54, 1.807) is 0 Å². The summed E-state index contributed by atoms with van der Waals surface area (Å²) in [6.07, 6.45) is 0. The first kappa shape index (κ1) is 10.9. The second-order valence-electron chi connectivity index (χ2n) is 5.67. The highest BCUT2D eigenvalue weighted by atomic mass is 14.5. The van der Waals surface area contributed by atoms with Crippen LogP contribution in [0.2, 0.25) is 0 Å². The summed E-state index contributed by atoms with van der Waals surface area (Å²) in [6, 6.07) is 23.7. The summed E-state index contributed by atoms with van der Waals surface area (Å²) in [5.41, 5.74) is 7.03. The molecule has 0 spiro atoms. The lowest BCUT2D eigenvalue weighted by atomic mass is 9.90. The smallest absolute Gasteiger partial charge is 0.0394 e. The summed E-state index contributed by atoms with van der Waals surface area (Å²) in [4.78, 5) is 0. The van der Waals surface area contributed by atoms with Crippen LogP contribution >= 0.6 is 0 Å². The molecule has 0 unspecified atom stereocenters. The lowest BCUT2D eigenvalue weighted by molar-refractivity contribution is 1.77. The Kier molecular flexibility index (Phi) is 1.90. The summed E-state index contributed by atoms with van der Waals surface area (Å²) in [5, 5.41) is 10.2. The van der Waals surface area contributed by atoms with Crippen LogP contribution in [0.25, 0.3) is 43.1 Å². The number of anilines is 1. The Morgan fingerprint density at radius 1 is 0.524 bits per heavy atom. The average Bonchev–Trinajstić information content (AvgIpc) is 2.53. The van der Waals surface area contributed by atoms with E-state index in [0.717, 1.165) is 11.1 Å². The summed E-state index contributed by atoms with van der Waals surface area (Å²) < 4.78 is 0. The van der Waals surface area contributed by atoms with Crippen molar-refractivity contribution in [3.63, 3.8) is 0 Å². The van der Waals surface area contributed by atoms with Crippen molar-refractivity contribution in [2.24, 2.45) is 0 Å². The SMILES string of the molecule is Nc1ccc2ccc3c4ccccc4cc4ccc1c2c43. The van der Waals surface area contributed by atoms with E-state index in [-0.39, 0.29) is 0 Å². The summed E-state index contributed by atoms with van der Waals surface area (Å²) >= 11 is 0. The van der Waals surface area contributed by atoms with E-state index >= 15 is 0 Å². The average molecular weight is 267 g/mol. The molecule has 0 aliphatic heterocycles. The van der Waals surface area contributed by atoms with E-state index in [0.29, 0.717) is 0 Å². The molecule has 98 valence electrons. The zero-order valence-corrected chi connectivity index (χ0v) is 11.4. The lowest BCUT2D eigenvalue weighted by Gasteiger charge is -2.14. The van der Waals surface area contributed by atoms with Crippen molar-refractivity contribution in [3.05, 3.63) is 66.7 Å². The van der Waals surface area contributed by atoms with Gasteiger partial charge < -0.3 is 5.73 Å². The maximum atomic E-state index is 6.18. The Labute approximate surface area is 121 Å². The van der Waals surface area contributed by atoms with Crippen molar-refractivity contribution in [1.82, 2.24) is 0 Å². The van der Waals surface area contributed by atoms with Crippen LogP contribution in [-0.4, -0.2) is 0 Å². The zero-order chi connectivity index (χ0) is 14.0. The quantitative estimate of drug-likeness (QED) is 0.229. The Bertz CT molecular complexity index is 1140. The molecule has 1 nitrogen and oxygen atoms in total. The molecule has 2 N–H and O–H groups in total. The van der Waals surface area contributed by atoms with Crippen LogP contribution in [0.1, 0.15) is 0 Å². The molecule has 21 heavy (non-hydrogen) atoms. The highest BCUT2D eigenvalue weighted by molar-refractivity contribution is 6.30. The minimum Gasteiger partial charge on any atom is -0.398 e. The van der Waals surface area contributed by atoms with Crippen molar-refractivity contribution in [3.8, 4) is 0 Å². The zero-order valence-electron chi connectivity index (χ0n) is 11.4. The van der Waals surface area contributed by atoms with Crippen LogP contribution in [0.4, 0.5) is 5.69 Å². The first-order valence-electron chi connectivity index (χ1n) is 7.18. The molecule has 5 rings (SSSR count). The van der Waals surface area contributed by atoms with E-state index in [1.165, 1.54) is 37.7 Å². The molecular formula is C20H13N. The first-order valence-corrected chi connectivity index (χ1v) is 7.18. The standard InChI is InChI=1S/C20H13N/c21-18-10-7-12-5-8-16-15-4-2-1-3-13(15)11-14-6-9-17(18)19(12)20(14)16/h1-11H,21H2. The maximum Gasteiger partial charge on any atom is 0.0394 e. The van der Waals surface area contributed by atoms with Crippen LogP contribution < -0.4 is 5.73 Å². The topological polar surface area (TPSA) is 26.0 Å². The molecule has 0 bridgehead atoms. The van der Waals surface area contributed by atoms with Gasteiger partial charge in [-0.15, -0.1) is 0 Å². The van der Waals surface area contributed by atoms with Crippen LogP contribution in [-0.2, 0) is 0 Å². The second kappa shape index (κ2) is 3.64. The van der Waals surface area contributed by atoms with Crippen LogP contribution in [0.5, 0.6) is 0 Å². The molecule has 0 aliphatic rings. The molecule has 0 aliphatic carbocycles. The third-order valence-corrected chi connectivity index (χ3v) is 4.54. The summed E-state index contributed by atoms with van der Waals surface area (Å²) in [6.45, 7) is 0. The van der Waals surface area contributed by atoms with Gasteiger partial charge in [0.25, 0.3) is 0 Å². The monoisotopic (exact) mass is 267 g/mol. The number of hydrogen-bond donors (Lipinski definition) is 1. The summed E-state index contributed by atoms with van der Waals surface area (Å²) in [5.74, 6) is 0. The van der Waals surface area contributed by atoms with Gasteiger partial charge in [-0.2, -0.15) is 0 Å². The van der Waals surface area contributed by atoms with Gasteiger partial charge in [0, 0.05) is 11.1 Å². The maximum absolute atomic E-state index is 6.18. The fourth-order valence-corrected chi connectivity index (χ4v) is 3.58.